The third-order valence-corrected chi connectivity index (χ3v) is 5.16. The van der Waals surface area contributed by atoms with Crippen LogP contribution in [0.4, 0.5) is 5.69 Å². The van der Waals surface area contributed by atoms with Crippen LogP contribution in [-0.4, -0.2) is 43.9 Å². The van der Waals surface area contributed by atoms with Crippen molar-refractivity contribution in [3.63, 3.8) is 0 Å². The van der Waals surface area contributed by atoms with Gasteiger partial charge in [-0.1, -0.05) is 0 Å². The molecular formula is C13H19N3O3S. The molecule has 1 aliphatic rings. The van der Waals surface area contributed by atoms with E-state index in [1.54, 1.807) is 13.1 Å². The zero-order chi connectivity index (χ0) is 14.8. The van der Waals surface area contributed by atoms with Crippen LogP contribution in [0.2, 0.25) is 0 Å². The van der Waals surface area contributed by atoms with Gasteiger partial charge >= 0.3 is 0 Å². The van der Waals surface area contributed by atoms with Crippen LogP contribution in [0, 0.1) is 6.92 Å². The summed E-state index contributed by atoms with van der Waals surface area (Å²) in [6, 6.07) is 1.72. The van der Waals surface area contributed by atoms with Gasteiger partial charge in [-0.15, -0.1) is 0 Å². The first-order valence-electron chi connectivity index (χ1n) is 6.57. The van der Waals surface area contributed by atoms with Crippen LogP contribution in [0.5, 0.6) is 0 Å². The summed E-state index contributed by atoms with van der Waals surface area (Å²) in [5.41, 5.74) is 2.03. The Morgan fingerprint density at radius 3 is 2.60 bits per heavy atom. The molecule has 0 aliphatic carbocycles. The van der Waals surface area contributed by atoms with Crippen molar-refractivity contribution >= 4 is 21.4 Å². The van der Waals surface area contributed by atoms with Crippen LogP contribution in [0.25, 0.3) is 0 Å². The van der Waals surface area contributed by atoms with Gasteiger partial charge in [-0.3, -0.25) is 9.78 Å². The number of aromatic nitrogens is 1. The van der Waals surface area contributed by atoms with Crippen LogP contribution in [0.1, 0.15) is 28.9 Å². The van der Waals surface area contributed by atoms with Gasteiger partial charge in [0, 0.05) is 25.0 Å². The van der Waals surface area contributed by atoms with Gasteiger partial charge in [0.25, 0.3) is 5.91 Å². The molecule has 0 spiro atoms. The van der Waals surface area contributed by atoms with Crippen LogP contribution >= 0.6 is 0 Å². The lowest BCUT2D eigenvalue weighted by molar-refractivity contribution is 0.0934. The maximum Gasteiger partial charge on any atom is 0.255 e. The molecule has 0 atom stereocenters. The highest BCUT2D eigenvalue weighted by Crippen LogP contribution is 2.17. The number of aryl methyl sites for hydroxylation is 1. The molecule has 20 heavy (non-hydrogen) atoms. The summed E-state index contributed by atoms with van der Waals surface area (Å²) < 4.78 is 22.7. The molecule has 0 bridgehead atoms. The summed E-state index contributed by atoms with van der Waals surface area (Å²) in [6.45, 7) is 1.86. The van der Waals surface area contributed by atoms with Crippen molar-refractivity contribution in [2.75, 3.05) is 23.9 Å². The number of nitrogens with zero attached hydrogens (tertiary/aromatic N) is 1. The van der Waals surface area contributed by atoms with Crippen molar-refractivity contribution in [1.82, 2.24) is 10.3 Å². The van der Waals surface area contributed by atoms with Gasteiger partial charge < -0.3 is 10.6 Å². The fraction of sp³-hybridized carbons (Fsp3) is 0.538. The molecule has 1 saturated heterocycles. The SMILES string of the molecule is CNc1cc(C)ncc1C(=O)NC1CCS(=O)(=O)CC1. The summed E-state index contributed by atoms with van der Waals surface area (Å²) in [4.78, 5) is 16.4. The quantitative estimate of drug-likeness (QED) is 0.859. The average molecular weight is 297 g/mol. The zero-order valence-electron chi connectivity index (χ0n) is 11.6. The van der Waals surface area contributed by atoms with Crippen LogP contribution < -0.4 is 10.6 Å². The van der Waals surface area contributed by atoms with Crippen molar-refractivity contribution < 1.29 is 13.2 Å². The molecule has 0 saturated carbocycles. The third kappa shape index (κ3) is 3.47. The number of hydrogen-bond acceptors (Lipinski definition) is 5. The highest BCUT2D eigenvalue weighted by atomic mass is 32.2. The molecule has 0 unspecified atom stereocenters. The lowest BCUT2D eigenvalue weighted by atomic mass is 10.1. The predicted molar refractivity (Wildman–Crippen MR) is 77.7 cm³/mol. The Morgan fingerprint density at radius 2 is 2.00 bits per heavy atom. The fourth-order valence-corrected chi connectivity index (χ4v) is 3.74. The number of hydrogen-bond donors (Lipinski definition) is 2. The second-order valence-corrected chi connectivity index (χ2v) is 7.32. The second-order valence-electron chi connectivity index (χ2n) is 5.02. The number of carbonyl (C=O) groups is 1. The van der Waals surface area contributed by atoms with Crippen molar-refractivity contribution in [3.8, 4) is 0 Å². The summed E-state index contributed by atoms with van der Waals surface area (Å²) in [7, 11) is -1.16. The van der Waals surface area contributed by atoms with Gasteiger partial charge in [-0.2, -0.15) is 0 Å². The van der Waals surface area contributed by atoms with Gasteiger partial charge in [0.2, 0.25) is 0 Å². The summed E-state index contributed by atoms with van der Waals surface area (Å²) in [5.74, 6) is 0.0672. The molecule has 1 aromatic rings. The van der Waals surface area contributed by atoms with Crippen molar-refractivity contribution in [2.24, 2.45) is 0 Å². The van der Waals surface area contributed by atoms with E-state index in [4.69, 9.17) is 0 Å². The van der Waals surface area contributed by atoms with E-state index in [2.05, 4.69) is 15.6 Å². The predicted octanol–water partition coefficient (Wildman–Crippen LogP) is 0.739. The smallest absolute Gasteiger partial charge is 0.255 e. The highest BCUT2D eigenvalue weighted by molar-refractivity contribution is 7.91. The maximum atomic E-state index is 12.2. The van der Waals surface area contributed by atoms with E-state index in [1.165, 1.54) is 6.20 Å². The molecule has 1 aromatic heterocycles. The van der Waals surface area contributed by atoms with Gasteiger partial charge in [0.1, 0.15) is 9.84 Å². The Hall–Kier alpha value is -1.63. The molecule has 2 rings (SSSR count). The van der Waals surface area contributed by atoms with Gasteiger partial charge in [0.05, 0.1) is 22.8 Å². The van der Waals surface area contributed by atoms with E-state index < -0.39 is 9.84 Å². The number of carbonyl (C=O) groups excluding carboxylic acids is 1. The minimum Gasteiger partial charge on any atom is -0.387 e. The fourth-order valence-electron chi connectivity index (χ4n) is 2.25. The number of rotatable bonds is 3. The average Bonchev–Trinajstić information content (AvgIpc) is 2.40. The highest BCUT2D eigenvalue weighted by Gasteiger charge is 2.25. The Bertz CT molecular complexity index is 599. The molecule has 0 radical (unpaired) electrons. The van der Waals surface area contributed by atoms with E-state index in [1.807, 2.05) is 6.92 Å². The Balaban J connectivity index is 2.06. The maximum absolute atomic E-state index is 12.2. The second kappa shape index (κ2) is 5.78. The minimum atomic E-state index is -2.91. The van der Waals surface area contributed by atoms with Gasteiger partial charge in [0.15, 0.2) is 0 Å². The monoisotopic (exact) mass is 297 g/mol. The topological polar surface area (TPSA) is 88.2 Å². The molecule has 2 heterocycles. The largest absolute Gasteiger partial charge is 0.387 e. The number of pyridine rings is 1. The van der Waals surface area contributed by atoms with Crippen LogP contribution in [0.3, 0.4) is 0 Å². The number of amides is 1. The minimum absolute atomic E-state index is 0.0861. The molecule has 1 aliphatic heterocycles. The Kier molecular flexibility index (Phi) is 4.27. The number of sulfone groups is 1. The lowest BCUT2D eigenvalue weighted by Crippen LogP contribution is -2.41. The number of anilines is 1. The van der Waals surface area contributed by atoms with E-state index in [0.29, 0.717) is 18.4 Å². The number of nitrogens with one attached hydrogen (secondary N) is 2. The molecular weight excluding hydrogens is 278 g/mol. The van der Waals surface area contributed by atoms with E-state index in [9.17, 15) is 13.2 Å². The molecule has 0 aromatic carbocycles. The van der Waals surface area contributed by atoms with Crippen molar-refractivity contribution in [3.05, 3.63) is 23.5 Å². The molecule has 2 N–H and O–H groups in total. The summed E-state index contributed by atoms with van der Waals surface area (Å²) in [6.07, 6.45) is 2.49. The molecule has 110 valence electrons. The van der Waals surface area contributed by atoms with E-state index in [0.717, 1.165) is 11.4 Å². The third-order valence-electron chi connectivity index (χ3n) is 3.44. The molecule has 1 amide bonds. The molecule has 6 nitrogen and oxygen atoms in total. The van der Waals surface area contributed by atoms with E-state index in [-0.39, 0.29) is 23.5 Å². The van der Waals surface area contributed by atoms with Gasteiger partial charge in [-0.25, -0.2) is 8.42 Å². The Morgan fingerprint density at radius 1 is 1.35 bits per heavy atom. The first-order valence-corrected chi connectivity index (χ1v) is 8.39. The van der Waals surface area contributed by atoms with Gasteiger partial charge in [-0.05, 0) is 25.8 Å². The molecule has 7 heteroatoms. The first kappa shape index (κ1) is 14.8. The van der Waals surface area contributed by atoms with Crippen molar-refractivity contribution in [1.29, 1.82) is 0 Å². The van der Waals surface area contributed by atoms with Crippen LogP contribution in [-0.2, 0) is 9.84 Å². The summed E-state index contributed by atoms with van der Waals surface area (Å²) >= 11 is 0. The van der Waals surface area contributed by atoms with E-state index >= 15 is 0 Å². The zero-order valence-corrected chi connectivity index (χ0v) is 12.5. The molecule has 1 fully saturated rings. The van der Waals surface area contributed by atoms with Crippen molar-refractivity contribution in [2.45, 2.75) is 25.8 Å². The standard InChI is InChI=1S/C13H19N3O3S/c1-9-7-12(14-2)11(8-15-9)13(17)16-10-3-5-20(18,19)6-4-10/h7-8,10H,3-6H2,1-2H3,(H,14,15)(H,16,17). The Labute approximate surface area is 118 Å². The van der Waals surface area contributed by atoms with Crippen LogP contribution in [0.15, 0.2) is 12.3 Å². The lowest BCUT2D eigenvalue weighted by Gasteiger charge is -2.23. The normalized spacial score (nSPS) is 18.5. The summed E-state index contributed by atoms with van der Waals surface area (Å²) in [5, 5.41) is 5.85. The first-order chi connectivity index (χ1) is 9.41.